The maximum absolute atomic E-state index is 15.0. The predicted octanol–water partition coefficient (Wildman–Crippen LogP) is 4.51. The molecule has 2 aromatic heterocycles. The van der Waals surface area contributed by atoms with Crippen LogP contribution < -0.4 is 5.73 Å². The van der Waals surface area contributed by atoms with Crippen molar-refractivity contribution in [3.63, 3.8) is 0 Å². The monoisotopic (exact) mass is 349 g/mol. The van der Waals surface area contributed by atoms with E-state index in [2.05, 4.69) is 4.98 Å². The average Bonchev–Trinajstić information content (AvgIpc) is 2.98. The van der Waals surface area contributed by atoms with E-state index in [9.17, 15) is 9.18 Å². The predicted molar refractivity (Wildman–Crippen MR) is 90.0 cm³/mol. The Morgan fingerprint density at radius 1 is 1.25 bits per heavy atom. The number of rotatable bonds is 2. The Kier molecular flexibility index (Phi) is 4.01. The van der Waals surface area contributed by atoms with Crippen molar-refractivity contribution in [1.82, 2.24) is 9.55 Å². The first kappa shape index (κ1) is 16.4. The standard InChI is InChI=1S/C17H14ClF2N3O/c1-8(2)17(24)23-6-5-9-3-4-10(12(19)16(9)23)15-13(20)14(21)11(18)7-22-15/h3-8H,1-2H3,(H2,21,22). The molecule has 7 heteroatoms. The number of carbonyl (C=O) groups excluding carboxylic acids is 1. The summed E-state index contributed by atoms with van der Waals surface area (Å²) in [5.74, 6) is -2.21. The molecule has 2 N–H and O–H groups in total. The Balaban J connectivity index is 2.28. The molecule has 0 atom stereocenters. The Bertz CT molecular complexity index is 966. The van der Waals surface area contributed by atoms with Crippen molar-refractivity contribution in [2.75, 3.05) is 5.73 Å². The Hall–Kier alpha value is -2.47. The van der Waals surface area contributed by atoms with Gasteiger partial charge in [0.25, 0.3) is 0 Å². The first-order valence-corrected chi connectivity index (χ1v) is 7.64. The number of carbonyl (C=O) groups is 1. The third kappa shape index (κ3) is 2.43. The SMILES string of the molecule is CC(C)C(=O)n1ccc2ccc(-c3ncc(Cl)c(N)c3F)c(F)c21. The molecule has 124 valence electrons. The summed E-state index contributed by atoms with van der Waals surface area (Å²) in [5.41, 5.74) is 5.01. The average molecular weight is 350 g/mol. The third-order valence-electron chi connectivity index (χ3n) is 3.79. The Morgan fingerprint density at radius 3 is 2.62 bits per heavy atom. The van der Waals surface area contributed by atoms with E-state index in [1.165, 1.54) is 16.8 Å². The molecule has 0 saturated carbocycles. The number of hydrogen-bond acceptors (Lipinski definition) is 3. The molecule has 0 bridgehead atoms. The molecule has 0 spiro atoms. The molecule has 0 saturated heterocycles. The molecule has 0 aliphatic rings. The van der Waals surface area contributed by atoms with Crippen molar-refractivity contribution in [2.45, 2.75) is 13.8 Å². The fourth-order valence-corrected chi connectivity index (χ4v) is 2.63. The lowest BCUT2D eigenvalue weighted by atomic mass is 10.1. The highest BCUT2D eigenvalue weighted by molar-refractivity contribution is 6.33. The Labute approximate surface area is 141 Å². The molecule has 4 nitrogen and oxygen atoms in total. The molecule has 0 aliphatic heterocycles. The van der Waals surface area contributed by atoms with Gasteiger partial charge in [0.05, 0.1) is 16.2 Å². The zero-order valence-electron chi connectivity index (χ0n) is 13.0. The van der Waals surface area contributed by atoms with E-state index in [-0.39, 0.29) is 39.3 Å². The van der Waals surface area contributed by atoms with Crippen molar-refractivity contribution >= 4 is 34.1 Å². The second-order valence-electron chi connectivity index (χ2n) is 5.73. The minimum Gasteiger partial charge on any atom is -0.395 e. The van der Waals surface area contributed by atoms with E-state index in [1.54, 1.807) is 26.0 Å². The Morgan fingerprint density at radius 2 is 1.96 bits per heavy atom. The molecule has 1 aromatic carbocycles. The van der Waals surface area contributed by atoms with Crippen LogP contribution in [0, 0.1) is 17.6 Å². The highest BCUT2D eigenvalue weighted by Crippen LogP contribution is 2.33. The van der Waals surface area contributed by atoms with Crippen molar-refractivity contribution in [3.05, 3.63) is 47.2 Å². The summed E-state index contributed by atoms with van der Waals surface area (Å²) in [5, 5.41) is 0.490. The molecular weight excluding hydrogens is 336 g/mol. The van der Waals surface area contributed by atoms with Gasteiger partial charge in [0.15, 0.2) is 11.6 Å². The number of anilines is 1. The van der Waals surface area contributed by atoms with E-state index < -0.39 is 11.6 Å². The molecule has 0 fully saturated rings. The summed E-state index contributed by atoms with van der Waals surface area (Å²) in [7, 11) is 0. The van der Waals surface area contributed by atoms with Gasteiger partial charge in [-0.2, -0.15) is 0 Å². The maximum atomic E-state index is 15.0. The second kappa shape index (κ2) is 5.87. The van der Waals surface area contributed by atoms with E-state index >= 15 is 4.39 Å². The number of benzene rings is 1. The highest BCUT2D eigenvalue weighted by atomic mass is 35.5. The van der Waals surface area contributed by atoms with Gasteiger partial charge in [-0.25, -0.2) is 8.78 Å². The first-order valence-electron chi connectivity index (χ1n) is 7.26. The number of nitrogens with zero attached hydrogens (tertiary/aromatic N) is 2. The zero-order valence-corrected chi connectivity index (χ0v) is 13.7. The fraction of sp³-hybridized carbons (Fsp3) is 0.176. The highest BCUT2D eigenvalue weighted by Gasteiger charge is 2.21. The van der Waals surface area contributed by atoms with Gasteiger partial charge in [0.1, 0.15) is 5.69 Å². The number of nitrogens with two attached hydrogens (primary N) is 1. The first-order chi connectivity index (χ1) is 11.3. The van der Waals surface area contributed by atoms with Crippen LogP contribution in [0.2, 0.25) is 5.02 Å². The minimum absolute atomic E-state index is 0.0453. The molecule has 3 aromatic rings. The molecule has 24 heavy (non-hydrogen) atoms. The van der Waals surface area contributed by atoms with Crippen molar-refractivity contribution in [3.8, 4) is 11.3 Å². The van der Waals surface area contributed by atoms with E-state index in [4.69, 9.17) is 17.3 Å². The molecule has 0 amide bonds. The van der Waals surface area contributed by atoms with Crippen LogP contribution >= 0.6 is 11.6 Å². The van der Waals surface area contributed by atoms with Crippen LogP contribution in [0.1, 0.15) is 18.6 Å². The molecular formula is C17H14ClF2N3O. The van der Waals surface area contributed by atoms with E-state index in [0.717, 1.165) is 6.20 Å². The quantitative estimate of drug-likeness (QED) is 0.740. The van der Waals surface area contributed by atoms with Crippen LogP contribution in [0.3, 0.4) is 0 Å². The minimum atomic E-state index is -0.894. The van der Waals surface area contributed by atoms with Gasteiger partial charge in [-0.3, -0.25) is 14.3 Å². The summed E-state index contributed by atoms with van der Waals surface area (Å²) in [4.78, 5) is 16.1. The number of pyridine rings is 1. The molecule has 0 aliphatic carbocycles. The number of fused-ring (bicyclic) bond motifs is 1. The third-order valence-corrected chi connectivity index (χ3v) is 4.09. The van der Waals surface area contributed by atoms with E-state index in [1.807, 2.05) is 0 Å². The van der Waals surface area contributed by atoms with Crippen LogP contribution in [0.4, 0.5) is 14.5 Å². The number of halogens is 3. The maximum Gasteiger partial charge on any atom is 0.233 e. The van der Waals surface area contributed by atoms with Crippen LogP contribution in [-0.2, 0) is 0 Å². The number of hydrogen-bond donors (Lipinski definition) is 1. The zero-order chi connectivity index (χ0) is 17.6. The van der Waals surface area contributed by atoms with Crippen LogP contribution in [0.15, 0.2) is 30.6 Å². The second-order valence-corrected chi connectivity index (χ2v) is 6.13. The summed E-state index contributed by atoms with van der Waals surface area (Å²) in [6, 6.07) is 4.63. The lowest BCUT2D eigenvalue weighted by Gasteiger charge is -2.11. The summed E-state index contributed by atoms with van der Waals surface area (Å²) in [6.45, 7) is 3.44. The van der Waals surface area contributed by atoms with Gasteiger partial charge in [-0.1, -0.05) is 31.5 Å². The van der Waals surface area contributed by atoms with Gasteiger partial charge < -0.3 is 5.73 Å². The van der Waals surface area contributed by atoms with Crippen molar-refractivity contribution in [1.29, 1.82) is 0 Å². The molecule has 3 rings (SSSR count). The van der Waals surface area contributed by atoms with Gasteiger partial charge >= 0.3 is 0 Å². The molecule has 2 heterocycles. The largest absolute Gasteiger partial charge is 0.395 e. The normalized spacial score (nSPS) is 11.4. The van der Waals surface area contributed by atoms with E-state index in [0.29, 0.717) is 5.39 Å². The topological polar surface area (TPSA) is 60.9 Å². The van der Waals surface area contributed by atoms with Crippen LogP contribution in [-0.4, -0.2) is 15.5 Å². The lowest BCUT2D eigenvalue weighted by molar-refractivity contribution is 0.0860. The van der Waals surface area contributed by atoms with Crippen molar-refractivity contribution in [2.24, 2.45) is 5.92 Å². The van der Waals surface area contributed by atoms with Crippen molar-refractivity contribution < 1.29 is 13.6 Å². The van der Waals surface area contributed by atoms with Crippen LogP contribution in [0.5, 0.6) is 0 Å². The smallest absolute Gasteiger partial charge is 0.233 e. The molecule has 0 radical (unpaired) electrons. The lowest BCUT2D eigenvalue weighted by Crippen LogP contribution is -2.16. The fourth-order valence-electron chi connectivity index (χ4n) is 2.50. The summed E-state index contributed by atoms with van der Waals surface area (Å²) >= 11 is 5.72. The van der Waals surface area contributed by atoms with Crippen LogP contribution in [0.25, 0.3) is 22.2 Å². The molecule has 0 unspecified atom stereocenters. The van der Waals surface area contributed by atoms with Gasteiger partial charge in [-0.05, 0) is 12.1 Å². The van der Waals surface area contributed by atoms with Gasteiger partial charge in [-0.15, -0.1) is 0 Å². The summed E-state index contributed by atoms with van der Waals surface area (Å²) in [6.07, 6.45) is 2.66. The van der Waals surface area contributed by atoms with Gasteiger partial charge in [0.2, 0.25) is 5.91 Å². The summed E-state index contributed by atoms with van der Waals surface area (Å²) < 4.78 is 30.6. The number of aromatic nitrogens is 2. The van der Waals surface area contributed by atoms with Gasteiger partial charge in [0, 0.05) is 29.3 Å². The number of nitrogen functional groups attached to an aromatic ring is 1.